The van der Waals surface area contributed by atoms with E-state index in [1.54, 1.807) is 6.20 Å². The Hall–Kier alpha value is -1.07. The molecule has 2 rings (SSSR count). The molecule has 0 aliphatic carbocycles. The molecule has 0 spiro atoms. The number of likely N-dealkylation sites (tertiary alicyclic amines) is 1. The summed E-state index contributed by atoms with van der Waals surface area (Å²) in [6.07, 6.45) is 3.48. The van der Waals surface area contributed by atoms with Crippen molar-refractivity contribution in [2.75, 3.05) is 6.54 Å². The van der Waals surface area contributed by atoms with Crippen LogP contribution in [0.25, 0.3) is 0 Å². The van der Waals surface area contributed by atoms with Crippen molar-refractivity contribution < 1.29 is 9.53 Å². The molecule has 1 fully saturated rings. The zero-order valence-corrected chi connectivity index (χ0v) is 13.3. The maximum absolute atomic E-state index is 12.2. The van der Waals surface area contributed by atoms with E-state index >= 15 is 0 Å². The van der Waals surface area contributed by atoms with Crippen LogP contribution in [0.5, 0.6) is 0 Å². The molecular weight excluding hydrogens is 278 g/mol. The molecule has 0 radical (unpaired) electrons. The van der Waals surface area contributed by atoms with Crippen molar-refractivity contribution in [3.63, 3.8) is 0 Å². The summed E-state index contributed by atoms with van der Waals surface area (Å²) in [5, 5.41) is 0.605. The van der Waals surface area contributed by atoms with E-state index in [9.17, 15) is 4.79 Å². The van der Waals surface area contributed by atoms with Crippen LogP contribution >= 0.6 is 11.6 Å². The van der Waals surface area contributed by atoms with E-state index in [0.29, 0.717) is 11.7 Å². The fraction of sp³-hybridized carbons (Fsp3) is 0.714. The smallest absolute Gasteiger partial charge is 0.323 e. The molecule has 0 saturated carbocycles. The summed E-state index contributed by atoms with van der Waals surface area (Å²) in [5.41, 5.74) is -0.447. The van der Waals surface area contributed by atoms with Crippen molar-refractivity contribution in [1.82, 2.24) is 14.5 Å². The zero-order chi connectivity index (χ0) is 14.9. The Morgan fingerprint density at radius 2 is 2.25 bits per heavy atom. The molecule has 1 aromatic heterocycles. The van der Waals surface area contributed by atoms with Crippen LogP contribution in [0.3, 0.4) is 0 Å². The second kappa shape index (κ2) is 5.74. The zero-order valence-electron chi connectivity index (χ0n) is 12.5. The van der Waals surface area contributed by atoms with Crippen LogP contribution in [0, 0.1) is 0 Å². The molecule has 1 aliphatic rings. The molecule has 0 bridgehead atoms. The van der Waals surface area contributed by atoms with Gasteiger partial charge in [0.2, 0.25) is 0 Å². The first kappa shape index (κ1) is 15.3. The third-order valence-corrected chi connectivity index (χ3v) is 3.77. The van der Waals surface area contributed by atoms with E-state index in [1.165, 1.54) is 0 Å². The third kappa shape index (κ3) is 3.52. The normalized spacial score (nSPS) is 20.4. The van der Waals surface area contributed by atoms with E-state index in [-0.39, 0.29) is 12.0 Å². The van der Waals surface area contributed by atoms with Crippen molar-refractivity contribution in [2.45, 2.75) is 51.8 Å². The average Bonchev–Trinajstić information content (AvgIpc) is 2.89. The lowest BCUT2D eigenvalue weighted by molar-refractivity contribution is -0.160. The van der Waals surface area contributed by atoms with E-state index in [4.69, 9.17) is 16.3 Å². The number of carbonyl (C=O) groups is 1. The Morgan fingerprint density at radius 1 is 1.55 bits per heavy atom. The van der Waals surface area contributed by atoms with Gasteiger partial charge in [-0.2, -0.15) is 0 Å². The van der Waals surface area contributed by atoms with Crippen molar-refractivity contribution in [2.24, 2.45) is 7.05 Å². The lowest BCUT2D eigenvalue weighted by atomic mass is 10.1. The van der Waals surface area contributed by atoms with Gasteiger partial charge in [0.25, 0.3) is 0 Å². The van der Waals surface area contributed by atoms with Gasteiger partial charge in [0.15, 0.2) is 0 Å². The van der Waals surface area contributed by atoms with Crippen molar-refractivity contribution in [3.8, 4) is 0 Å². The number of halogens is 1. The molecule has 0 unspecified atom stereocenters. The molecule has 1 aromatic rings. The highest BCUT2D eigenvalue weighted by Gasteiger charge is 2.34. The first-order valence-corrected chi connectivity index (χ1v) is 7.29. The predicted molar refractivity (Wildman–Crippen MR) is 77.5 cm³/mol. The minimum Gasteiger partial charge on any atom is -0.459 e. The maximum Gasteiger partial charge on any atom is 0.323 e. The number of nitrogens with zero attached hydrogens (tertiary/aromatic N) is 3. The van der Waals surface area contributed by atoms with Gasteiger partial charge >= 0.3 is 5.97 Å². The fourth-order valence-electron chi connectivity index (χ4n) is 2.40. The van der Waals surface area contributed by atoms with Crippen molar-refractivity contribution in [3.05, 3.63) is 17.2 Å². The van der Waals surface area contributed by atoms with Gasteiger partial charge in [-0.1, -0.05) is 11.6 Å². The number of imidazole rings is 1. The predicted octanol–water partition coefficient (Wildman–Crippen LogP) is 2.38. The largest absolute Gasteiger partial charge is 0.459 e. The molecule has 0 amide bonds. The number of ether oxygens (including phenoxy) is 1. The van der Waals surface area contributed by atoms with Gasteiger partial charge in [-0.3, -0.25) is 9.69 Å². The third-order valence-electron chi connectivity index (χ3n) is 3.41. The number of esters is 1. The van der Waals surface area contributed by atoms with Crippen molar-refractivity contribution >= 4 is 17.6 Å². The number of aromatic nitrogens is 2. The molecule has 2 heterocycles. The highest BCUT2D eigenvalue weighted by molar-refractivity contribution is 6.29. The van der Waals surface area contributed by atoms with Gasteiger partial charge < -0.3 is 9.30 Å². The second-order valence-corrected chi connectivity index (χ2v) is 6.61. The summed E-state index contributed by atoms with van der Waals surface area (Å²) in [6, 6.07) is -0.176. The quantitative estimate of drug-likeness (QED) is 0.804. The maximum atomic E-state index is 12.2. The Bertz CT molecular complexity index is 493. The molecule has 1 atom stereocenters. The van der Waals surface area contributed by atoms with E-state index < -0.39 is 5.60 Å². The Morgan fingerprint density at radius 3 is 2.80 bits per heavy atom. The topological polar surface area (TPSA) is 47.4 Å². The van der Waals surface area contributed by atoms with Crippen molar-refractivity contribution in [1.29, 1.82) is 0 Å². The van der Waals surface area contributed by atoms with Crippen LogP contribution in [0.15, 0.2) is 6.20 Å². The van der Waals surface area contributed by atoms with Crippen LogP contribution in [0.2, 0.25) is 5.15 Å². The van der Waals surface area contributed by atoms with E-state index in [1.807, 2.05) is 32.4 Å². The highest BCUT2D eigenvalue weighted by Crippen LogP contribution is 2.23. The Kier molecular flexibility index (Phi) is 4.39. The van der Waals surface area contributed by atoms with Gasteiger partial charge in [-0.15, -0.1) is 0 Å². The summed E-state index contributed by atoms with van der Waals surface area (Å²) >= 11 is 5.99. The fourth-order valence-corrected chi connectivity index (χ4v) is 2.55. The Labute approximate surface area is 124 Å². The average molecular weight is 300 g/mol. The lowest BCUT2D eigenvalue weighted by Gasteiger charge is -2.27. The van der Waals surface area contributed by atoms with Gasteiger partial charge in [-0.05, 0) is 40.2 Å². The lowest BCUT2D eigenvalue weighted by Crippen LogP contribution is -2.40. The highest BCUT2D eigenvalue weighted by atomic mass is 35.5. The molecule has 0 aromatic carbocycles. The molecule has 1 saturated heterocycles. The van der Waals surface area contributed by atoms with Crippen LogP contribution in [0.1, 0.15) is 39.4 Å². The van der Waals surface area contributed by atoms with Gasteiger partial charge in [0.05, 0.1) is 12.7 Å². The molecule has 5 nitrogen and oxygen atoms in total. The molecule has 6 heteroatoms. The number of carbonyl (C=O) groups excluding carboxylic acids is 1. The Balaban J connectivity index is 2.04. The summed E-state index contributed by atoms with van der Waals surface area (Å²) in [6.45, 7) is 7.18. The first-order valence-electron chi connectivity index (χ1n) is 6.91. The van der Waals surface area contributed by atoms with Gasteiger partial charge in [0.1, 0.15) is 22.6 Å². The summed E-state index contributed by atoms with van der Waals surface area (Å²) in [4.78, 5) is 18.6. The van der Waals surface area contributed by atoms with Crippen LogP contribution < -0.4 is 0 Å². The number of hydrogen-bond donors (Lipinski definition) is 0. The van der Waals surface area contributed by atoms with Crippen LogP contribution in [-0.4, -0.2) is 38.6 Å². The standard InChI is InChI=1S/C14H22ClN3O2/c1-14(2,3)20-13(19)10-6-5-7-18(10)9-12-16-8-11(15)17(12)4/h8,10H,5-7,9H2,1-4H3/t10-/m1/s1. The summed E-state index contributed by atoms with van der Waals surface area (Å²) < 4.78 is 7.33. The van der Waals surface area contributed by atoms with E-state index in [2.05, 4.69) is 9.88 Å². The van der Waals surface area contributed by atoms with Crippen LogP contribution in [-0.2, 0) is 23.1 Å². The first-order chi connectivity index (χ1) is 9.28. The molecule has 20 heavy (non-hydrogen) atoms. The molecule has 0 N–H and O–H groups in total. The summed E-state index contributed by atoms with van der Waals surface area (Å²) in [5.74, 6) is 0.723. The molecule has 112 valence electrons. The second-order valence-electron chi connectivity index (χ2n) is 6.22. The molecule has 1 aliphatic heterocycles. The SMILES string of the molecule is Cn1c(Cl)cnc1CN1CCC[C@@H]1C(=O)OC(C)(C)C. The number of rotatable bonds is 3. The minimum absolute atomic E-state index is 0.143. The monoisotopic (exact) mass is 299 g/mol. The van der Waals surface area contributed by atoms with Gasteiger partial charge in [-0.25, -0.2) is 4.98 Å². The van der Waals surface area contributed by atoms with E-state index in [0.717, 1.165) is 25.2 Å². The van der Waals surface area contributed by atoms with Crippen LogP contribution in [0.4, 0.5) is 0 Å². The van der Waals surface area contributed by atoms with Gasteiger partial charge in [0, 0.05) is 7.05 Å². The summed E-state index contributed by atoms with van der Waals surface area (Å²) in [7, 11) is 1.88. The minimum atomic E-state index is -0.447. The molecular formula is C14H22ClN3O2. The number of hydrogen-bond acceptors (Lipinski definition) is 4.